The van der Waals surface area contributed by atoms with Crippen LogP contribution in [0.1, 0.15) is 43.4 Å². The molecule has 5 nitrogen and oxygen atoms in total. The van der Waals surface area contributed by atoms with Crippen molar-refractivity contribution in [2.24, 2.45) is 5.10 Å². The Balaban J connectivity index is 1.72. The van der Waals surface area contributed by atoms with Crippen LogP contribution in [0.15, 0.2) is 66.0 Å². The van der Waals surface area contributed by atoms with Gasteiger partial charge in [0.15, 0.2) is 0 Å². The number of hydrogen-bond acceptors (Lipinski definition) is 4. The van der Waals surface area contributed by atoms with Crippen molar-refractivity contribution in [3.8, 4) is 0 Å². The van der Waals surface area contributed by atoms with Crippen molar-refractivity contribution in [1.82, 2.24) is 15.0 Å². The molecule has 1 atom stereocenters. The normalized spacial score (nSPS) is 16.7. The van der Waals surface area contributed by atoms with Crippen LogP contribution in [0, 0.1) is 0 Å². The zero-order valence-electron chi connectivity index (χ0n) is 14.7. The Labute approximate surface area is 152 Å². The molecule has 5 heteroatoms. The second-order valence-corrected chi connectivity index (χ2v) is 6.43. The topological polar surface area (TPSA) is 58.5 Å². The van der Waals surface area contributed by atoms with E-state index in [1.54, 1.807) is 17.4 Å². The fourth-order valence-corrected chi connectivity index (χ4v) is 3.32. The number of aromatic nitrogens is 2. The van der Waals surface area contributed by atoms with E-state index in [1.807, 2.05) is 55.5 Å². The third-order valence-electron chi connectivity index (χ3n) is 4.61. The molecule has 1 aliphatic rings. The second kappa shape index (κ2) is 7.04. The number of amides is 1. The molecule has 0 aliphatic carbocycles. The molecule has 130 valence electrons. The molecule has 0 fully saturated rings. The van der Waals surface area contributed by atoms with Gasteiger partial charge < -0.3 is 0 Å². The minimum Gasteiger partial charge on any atom is -0.273 e. The number of hydrogen-bond donors (Lipinski definition) is 0. The minimum absolute atomic E-state index is 0.0580. The highest BCUT2D eigenvalue weighted by Crippen LogP contribution is 2.34. The van der Waals surface area contributed by atoms with Crippen molar-refractivity contribution in [2.75, 3.05) is 0 Å². The molecule has 1 aromatic heterocycles. The summed E-state index contributed by atoms with van der Waals surface area (Å²) in [5.41, 5.74) is 4.73. The predicted octanol–water partition coefficient (Wildman–Crippen LogP) is 4.11. The molecule has 26 heavy (non-hydrogen) atoms. The summed E-state index contributed by atoms with van der Waals surface area (Å²) in [5, 5.41) is 6.34. The summed E-state index contributed by atoms with van der Waals surface area (Å²) < 4.78 is 0. The molecule has 2 aromatic carbocycles. The van der Waals surface area contributed by atoms with Crippen LogP contribution in [0.4, 0.5) is 0 Å². The molecule has 1 amide bonds. The summed E-state index contributed by atoms with van der Waals surface area (Å²) in [7, 11) is 0. The minimum atomic E-state index is -0.101. The van der Waals surface area contributed by atoms with Gasteiger partial charge in [0.1, 0.15) is 0 Å². The van der Waals surface area contributed by atoms with Gasteiger partial charge in [-0.2, -0.15) is 5.10 Å². The lowest BCUT2D eigenvalue weighted by Gasteiger charge is -2.22. The van der Waals surface area contributed by atoms with E-state index in [4.69, 9.17) is 0 Å². The molecule has 2 heterocycles. The third-order valence-corrected chi connectivity index (χ3v) is 4.61. The molecule has 0 saturated carbocycles. The van der Waals surface area contributed by atoms with Crippen molar-refractivity contribution >= 4 is 22.7 Å². The molecule has 0 spiro atoms. The van der Waals surface area contributed by atoms with Crippen LogP contribution in [0.3, 0.4) is 0 Å². The molecule has 0 bridgehead atoms. The standard InChI is InChI=1S/C21H20N4O/c1-2-6-21(26)25-20(14-18(24-25)15-7-4-3-5-8-15)16-9-10-17-19(13-16)23-12-11-22-17/h3-5,7-13,20H,2,6,14H2,1H3. The zero-order valence-corrected chi connectivity index (χ0v) is 14.7. The summed E-state index contributed by atoms with van der Waals surface area (Å²) >= 11 is 0. The van der Waals surface area contributed by atoms with Crippen molar-refractivity contribution in [3.63, 3.8) is 0 Å². The van der Waals surface area contributed by atoms with Crippen molar-refractivity contribution in [1.29, 1.82) is 0 Å². The first-order valence-electron chi connectivity index (χ1n) is 8.92. The summed E-state index contributed by atoms with van der Waals surface area (Å²) in [6.45, 7) is 2.01. The van der Waals surface area contributed by atoms with Crippen molar-refractivity contribution in [2.45, 2.75) is 32.2 Å². The van der Waals surface area contributed by atoms with E-state index in [1.165, 1.54) is 0 Å². The second-order valence-electron chi connectivity index (χ2n) is 6.43. The zero-order chi connectivity index (χ0) is 17.9. The first kappa shape index (κ1) is 16.4. The lowest BCUT2D eigenvalue weighted by molar-refractivity contribution is -0.133. The molecule has 1 unspecified atom stereocenters. The Bertz CT molecular complexity index is 968. The maximum atomic E-state index is 12.7. The first-order chi connectivity index (χ1) is 12.8. The Morgan fingerprint density at radius 2 is 1.85 bits per heavy atom. The monoisotopic (exact) mass is 344 g/mol. The average Bonchev–Trinajstić information content (AvgIpc) is 3.14. The van der Waals surface area contributed by atoms with Gasteiger partial charge in [-0.3, -0.25) is 14.8 Å². The third kappa shape index (κ3) is 3.08. The number of fused-ring (bicyclic) bond motifs is 1. The van der Waals surface area contributed by atoms with E-state index in [9.17, 15) is 4.79 Å². The molecular formula is C21H20N4O. The van der Waals surface area contributed by atoms with Crippen LogP contribution in [-0.4, -0.2) is 26.6 Å². The summed E-state index contributed by atoms with van der Waals surface area (Å²) in [5.74, 6) is 0.0580. The van der Waals surface area contributed by atoms with E-state index in [0.717, 1.165) is 34.3 Å². The molecule has 1 aliphatic heterocycles. The van der Waals surface area contributed by atoms with Gasteiger partial charge >= 0.3 is 0 Å². The van der Waals surface area contributed by atoms with Gasteiger partial charge in [-0.05, 0) is 29.7 Å². The number of carbonyl (C=O) groups excluding carboxylic acids is 1. The van der Waals surface area contributed by atoms with Gasteiger partial charge in [-0.25, -0.2) is 5.01 Å². The molecule has 0 saturated heterocycles. The molecular weight excluding hydrogens is 324 g/mol. The Hall–Kier alpha value is -3.08. The van der Waals surface area contributed by atoms with Gasteiger partial charge in [0.25, 0.3) is 0 Å². The lowest BCUT2D eigenvalue weighted by Crippen LogP contribution is -2.26. The Morgan fingerprint density at radius 1 is 1.08 bits per heavy atom. The predicted molar refractivity (Wildman–Crippen MR) is 102 cm³/mol. The molecule has 0 N–H and O–H groups in total. The van der Waals surface area contributed by atoms with Crippen LogP contribution in [0.5, 0.6) is 0 Å². The molecule has 4 rings (SSSR count). The van der Waals surface area contributed by atoms with Gasteiger partial charge in [0, 0.05) is 25.2 Å². The van der Waals surface area contributed by atoms with E-state index in [0.29, 0.717) is 12.8 Å². The first-order valence-corrected chi connectivity index (χ1v) is 8.92. The van der Waals surface area contributed by atoms with E-state index >= 15 is 0 Å². The van der Waals surface area contributed by atoms with Gasteiger partial charge in [0.05, 0.1) is 22.8 Å². The van der Waals surface area contributed by atoms with E-state index < -0.39 is 0 Å². The summed E-state index contributed by atoms with van der Waals surface area (Å²) in [6, 6.07) is 15.9. The van der Waals surface area contributed by atoms with Crippen LogP contribution in [0.25, 0.3) is 11.0 Å². The smallest absolute Gasteiger partial charge is 0.243 e. The largest absolute Gasteiger partial charge is 0.273 e. The molecule has 0 radical (unpaired) electrons. The maximum absolute atomic E-state index is 12.7. The van der Waals surface area contributed by atoms with Gasteiger partial charge in [-0.1, -0.05) is 43.3 Å². The highest BCUT2D eigenvalue weighted by Gasteiger charge is 2.32. The lowest BCUT2D eigenvalue weighted by atomic mass is 9.98. The van der Waals surface area contributed by atoms with Crippen LogP contribution >= 0.6 is 0 Å². The number of nitrogens with zero attached hydrogens (tertiary/aromatic N) is 4. The maximum Gasteiger partial charge on any atom is 0.243 e. The Kier molecular flexibility index (Phi) is 4.44. The molecule has 3 aromatic rings. The Morgan fingerprint density at radius 3 is 2.62 bits per heavy atom. The summed E-state index contributed by atoms with van der Waals surface area (Å²) in [6.07, 6.45) is 5.38. The van der Waals surface area contributed by atoms with Crippen LogP contribution in [-0.2, 0) is 4.79 Å². The quantitative estimate of drug-likeness (QED) is 0.716. The highest BCUT2D eigenvalue weighted by molar-refractivity contribution is 6.03. The fourth-order valence-electron chi connectivity index (χ4n) is 3.32. The number of rotatable bonds is 4. The number of carbonyl (C=O) groups is 1. The van der Waals surface area contributed by atoms with Gasteiger partial charge in [-0.15, -0.1) is 0 Å². The average molecular weight is 344 g/mol. The van der Waals surface area contributed by atoms with Crippen LogP contribution < -0.4 is 0 Å². The summed E-state index contributed by atoms with van der Waals surface area (Å²) in [4.78, 5) is 21.4. The number of benzene rings is 2. The van der Waals surface area contributed by atoms with E-state index in [-0.39, 0.29) is 11.9 Å². The van der Waals surface area contributed by atoms with Crippen molar-refractivity contribution in [3.05, 3.63) is 72.1 Å². The van der Waals surface area contributed by atoms with Crippen LogP contribution in [0.2, 0.25) is 0 Å². The SMILES string of the molecule is CCCC(=O)N1N=C(c2ccccc2)CC1c1ccc2nccnc2c1. The van der Waals surface area contributed by atoms with Crippen molar-refractivity contribution < 1.29 is 4.79 Å². The number of hydrazone groups is 1. The van der Waals surface area contributed by atoms with Gasteiger partial charge in [0.2, 0.25) is 5.91 Å². The van der Waals surface area contributed by atoms with E-state index in [2.05, 4.69) is 15.1 Å². The fraction of sp³-hybridized carbons (Fsp3) is 0.238. The highest BCUT2D eigenvalue weighted by atomic mass is 16.2.